The van der Waals surface area contributed by atoms with Gasteiger partial charge in [-0.3, -0.25) is 0 Å². The maximum absolute atomic E-state index is 2.57. The molecule has 0 amide bonds. The number of rotatable bonds is 5. The third kappa shape index (κ3) is 4.40. The average molecular weight is 746 g/mol. The molecular formula is C54H51NS. The van der Waals surface area contributed by atoms with Crippen molar-refractivity contribution in [1.82, 2.24) is 0 Å². The Hall–Kier alpha value is -4.53. The Labute approximate surface area is 337 Å². The summed E-state index contributed by atoms with van der Waals surface area (Å²) in [5.41, 5.74) is 16.2. The number of hydrogen-bond donors (Lipinski definition) is 0. The molecule has 6 atom stereocenters. The second-order valence-electron chi connectivity index (χ2n) is 19.7. The highest BCUT2D eigenvalue weighted by molar-refractivity contribution is 7.99. The monoisotopic (exact) mass is 745 g/mol. The fourth-order valence-electron chi connectivity index (χ4n) is 13.7. The number of nitrogens with zero attached hydrogens (tertiary/aromatic N) is 1. The van der Waals surface area contributed by atoms with Crippen molar-refractivity contribution in [3.63, 3.8) is 0 Å². The predicted molar refractivity (Wildman–Crippen MR) is 233 cm³/mol. The van der Waals surface area contributed by atoms with E-state index in [0.717, 1.165) is 23.7 Å². The molecule has 1 aliphatic heterocycles. The van der Waals surface area contributed by atoms with Crippen molar-refractivity contribution >= 4 is 28.8 Å². The second-order valence-corrected chi connectivity index (χ2v) is 20.7. The van der Waals surface area contributed by atoms with Crippen LogP contribution in [0.25, 0.3) is 22.3 Å². The summed E-state index contributed by atoms with van der Waals surface area (Å²) in [5, 5.41) is 0. The van der Waals surface area contributed by atoms with Gasteiger partial charge in [-0.15, -0.1) is 0 Å². The van der Waals surface area contributed by atoms with Gasteiger partial charge in [-0.05, 0) is 165 Å². The maximum Gasteiger partial charge on any atom is 0.0473 e. The Balaban J connectivity index is 0.961. The van der Waals surface area contributed by atoms with Crippen molar-refractivity contribution in [2.24, 2.45) is 29.1 Å². The maximum atomic E-state index is 2.57. The minimum Gasteiger partial charge on any atom is -0.310 e. The fraction of sp³-hybridized carbons (Fsp3) is 0.333. The molecule has 0 radical (unpaired) electrons. The first-order valence-corrected chi connectivity index (χ1v) is 22.1. The van der Waals surface area contributed by atoms with Crippen LogP contribution in [0, 0.1) is 29.1 Å². The van der Waals surface area contributed by atoms with Crippen molar-refractivity contribution in [3.8, 4) is 22.3 Å². The molecule has 6 aliphatic rings. The summed E-state index contributed by atoms with van der Waals surface area (Å²) in [5.74, 6) is 3.55. The lowest BCUT2D eigenvalue weighted by atomic mass is 9.26. The van der Waals surface area contributed by atoms with Crippen LogP contribution in [0.3, 0.4) is 0 Å². The molecule has 2 spiro atoms. The van der Waals surface area contributed by atoms with E-state index < -0.39 is 0 Å². The molecule has 1 heterocycles. The summed E-state index contributed by atoms with van der Waals surface area (Å²) in [6, 6.07) is 53.6. The van der Waals surface area contributed by atoms with Gasteiger partial charge in [0.05, 0.1) is 0 Å². The second kappa shape index (κ2) is 11.5. The Kier molecular flexibility index (Phi) is 6.92. The highest BCUT2D eigenvalue weighted by atomic mass is 32.2. The Bertz CT molecular complexity index is 2550. The van der Waals surface area contributed by atoms with Crippen LogP contribution < -0.4 is 4.90 Å². The zero-order chi connectivity index (χ0) is 37.6. The van der Waals surface area contributed by atoms with Crippen molar-refractivity contribution in [2.45, 2.75) is 92.3 Å². The quantitative estimate of drug-likeness (QED) is 0.173. The molecular weight excluding hydrogens is 695 g/mol. The Morgan fingerprint density at radius 3 is 1.79 bits per heavy atom. The van der Waals surface area contributed by atoms with E-state index in [0.29, 0.717) is 5.41 Å². The van der Waals surface area contributed by atoms with Gasteiger partial charge in [-0.1, -0.05) is 137 Å². The van der Waals surface area contributed by atoms with Crippen molar-refractivity contribution in [1.29, 1.82) is 0 Å². The largest absolute Gasteiger partial charge is 0.310 e. The zero-order valence-electron chi connectivity index (χ0n) is 33.2. The van der Waals surface area contributed by atoms with Gasteiger partial charge in [-0.2, -0.15) is 0 Å². The van der Waals surface area contributed by atoms with Gasteiger partial charge >= 0.3 is 0 Å². The van der Waals surface area contributed by atoms with Crippen LogP contribution in [0.2, 0.25) is 0 Å². The zero-order valence-corrected chi connectivity index (χ0v) is 34.0. The number of anilines is 3. The van der Waals surface area contributed by atoms with Crippen LogP contribution in [-0.2, 0) is 16.2 Å². The van der Waals surface area contributed by atoms with Gasteiger partial charge in [0.15, 0.2) is 0 Å². The molecule has 0 N–H and O–H groups in total. The van der Waals surface area contributed by atoms with Crippen LogP contribution >= 0.6 is 11.8 Å². The van der Waals surface area contributed by atoms with Gasteiger partial charge in [0, 0.05) is 32.3 Å². The first-order valence-electron chi connectivity index (χ1n) is 21.3. The third-order valence-electron chi connectivity index (χ3n) is 16.3. The van der Waals surface area contributed by atoms with Gasteiger partial charge in [0.2, 0.25) is 0 Å². The molecule has 1 nitrogen and oxygen atoms in total. The van der Waals surface area contributed by atoms with E-state index in [1.807, 2.05) is 11.8 Å². The minimum absolute atomic E-state index is 0.184. The highest BCUT2D eigenvalue weighted by Crippen LogP contribution is 2.89. The Morgan fingerprint density at radius 2 is 1.05 bits per heavy atom. The summed E-state index contributed by atoms with van der Waals surface area (Å²) < 4.78 is 0. The summed E-state index contributed by atoms with van der Waals surface area (Å²) in [6.07, 6.45) is 8.33. The molecule has 6 unspecified atom stereocenters. The summed E-state index contributed by atoms with van der Waals surface area (Å²) in [6.45, 7) is 9.68. The van der Waals surface area contributed by atoms with Gasteiger partial charge < -0.3 is 4.90 Å². The molecule has 56 heavy (non-hydrogen) atoms. The van der Waals surface area contributed by atoms with Crippen LogP contribution in [-0.4, -0.2) is 0 Å². The van der Waals surface area contributed by atoms with E-state index >= 15 is 0 Å². The third-order valence-corrected chi connectivity index (χ3v) is 17.4. The minimum atomic E-state index is 0.184. The number of benzene rings is 6. The summed E-state index contributed by atoms with van der Waals surface area (Å²) in [7, 11) is 0. The van der Waals surface area contributed by atoms with Gasteiger partial charge in [0.1, 0.15) is 0 Å². The lowest BCUT2D eigenvalue weighted by Gasteiger charge is -2.78. The van der Waals surface area contributed by atoms with Crippen molar-refractivity contribution in [2.75, 3.05) is 4.90 Å². The topological polar surface area (TPSA) is 3.24 Å². The van der Waals surface area contributed by atoms with E-state index in [-0.39, 0.29) is 16.2 Å². The van der Waals surface area contributed by atoms with Crippen LogP contribution in [0.4, 0.5) is 17.1 Å². The van der Waals surface area contributed by atoms with Crippen molar-refractivity contribution in [3.05, 3.63) is 162 Å². The van der Waals surface area contributed by atoms with E-state index in [9.17, 15) is 0 Å². The molecule has 4 saturated carbocycles. The van der Waals surface area contributed by atoms with Gasteiger partial charge in [-0.25, -0.2) is 0 Å². The molecule has 0 aromatic heterocycles. The smallest absolute Gasteiger partial charge is 0.0473 e. The summed E-state index contributed by atoms with van der Waals surface area (Å²) >= 11 is 2.01. The van der Waals surface area contributed by atoms with E-state index in [1.165, 1.54) is 98.8 Å². The van der Waals surface area contributed by atoms with Crippen LogP contribution in [0.15, 0.2) is 149 Å². The van der Waals surface area contributed by atoms with E-state index in [4.69, 9.17) is 0 Å². The molecule has 278 valence electrons. The molecule has 2 bridgehead atoms. The summed E-state index contributed by atoms with van der Waals surface area (Å²) in [4.78, 5) is 5.44. The van der Waals surface area contributed by atoms with E-state index in [2.05, 4.69) is 172 Å². The normalized spacial score (nSPS) is 29.0. The lowest BCUT2D eigenvalue weighted by molar-refractivity contribution is -0.235. The molecule has 4 fully saturated rings. The molecule has 6 aromatic rings. The predicted octanol–water partition coefficient (Wildman–Crippen LogP) is 14.7. The fourth-order valence-corrected chi connectivity index (χ4v) is 14.9. The van der Waals surface area contributed by atoms with Crippen molar-refractivity contribution < 1.29 is 0 Å². The Morgan fingerprint density at radius 1 is 0.482 bits per heavy atom. The first-order chi connectivity index (χ1) is 27.2. The molecule has 6 aromatic carbocycles. The molecule has 5 aliphatic carbocycles. The van der Waals surface area contributed by atoms with Gasteiger partial charge in [0.25, 0.3) is 0 Å². The molecule has 12 rings (SSSR count). The average Bonchev–Trinajstić information content (AvgIpc) is 3.76. The van der Waals surface area contributed by atoms with Crippen LogP contribution in [0.5, 0.6) is 0 Å². The molecule has 0 saturated heterocycles. The highest BCUT2D eigenvalue weighted by Gasteiger charge is 2.84. The SMILES string of the molecule is CC1(C)CCC(C)(C)c2cc(-c3ccc(N(c4ccc(-c5ccccc5)cc4)c4ccc5c(c4)Sc4ccccc4C54C5CC6CC7CC4C75C6)cc3)ccc21. The van der Waals surface area contributed by atoms with Crippen LogP contribution in [0.1, 0.15) is 88.5 Å². The number of fused-ring (bicyclic) bond motifs is 8. The lowest BCUT2D eigenvalue weighted by Crippen LogP contribution is -2.74. The first kappa shape index (κ1) is 33.6. The molecule has 2 heteroatoms. The number of hydrogen-bond acceptors (Lipinski definition) is 2. The standard InChI is InChI=1S/C54H51NS/c1-51(2)26-27-52(3,4)46-30-38(18-24-43(46)51)37-16-21-41(22-17-37)55(40-19-14-36(15-20-40)35-10-6-5-7-11-35)42-23-25-45-48(32-42)56-47-13-9-8-12-44(47)54(45)49-29-34-28-39-31-50(54)53(39,49)33-34/h5-25,30,32,34,39,49-50H,26-29,31,33H2,1-4H3. The van der Waals surface area contributed by atoms with E-state index in [1.54, 1.807) is 11.1 Å².